The quantitative estimate of drug-likeness (QED) is 0.277. The van der Waals surface area contributed by atoms with Crippen molar-refractivity contribution in [1.29, 1.82) is 0 Å². The first-order valence-electron chi connectivity index (χ1n) is 8.49. The van der Waals surface area contributed by atoms with E-state index in [2.05, 4.69) is 4.18 Å². The Hall–Kier alpha value is -1.29. The molecule has 0 heterocycles. The van der Waals surface area contributed by atoms with Crippen molar-refractivity contribution in [3.05, 3.63) is 54.1 Å². The van der Waals surface area contributed by atoms with Gasteiger partial charge in [-0.2, -0.15) is 21.6 Å². The normalized spacial score (nSPS) is 15.8. The Morgan fingerprint density at radius 2 is 1.41 bits per heavy atom. The third-order valence-electron chi connectivity index (χ3n) is 4.67. The van der Waals surface area contributed by atoms with Crippen molar-refractivity contribution in [2.24, 2.45) is 0 Å². The molecule has 1 aliphatic rings. The van der Waals surface area contributed by atoms with Gasteiger partial charge in [-0.05, 0) is 36.0 Å². The summed E-state index contributed by atoms with van der Waals surface area (Å²) in [5.41, 5.74) is -3.38. The van der Waals surface area contributed by atoms with Gasteiger partial charge in [-0.1, -0.05) is 61.7 Å². The van der Waals surface area contributed by atoms with Crippen LogP contribution in [0.15, 0.2) is 48.5 Å². The zero-order chi connectivity index (χ0) is 18.8. The van der Waals surface area contributed by atoms with E-state index >= 15 is 0 Å². The maximum absolute atomic E-state index is 12.7. The van der Waals surface area contributed by atoms with Crippen molar-refractivity contribution in [2.45, 2.75) is 43.5 Å². The topological polar surface area (TPSA) is 43.4 Å². The molecule has 0 saturated heterocycles. The van der Waals surface area contributed by atoms with E-state index in [9.17, 15) is 21.6 Å². The molecule has 1 aliphatic carbocycles. The maximum Gasteiger partial charge on any atom is 0.534 e. The highest BCUT2D eigenvalue weighted by Gasteiger charge is 2.48. The lowest BCUT2D eigenvalue weighted by atomic mass is 9.81. The van der Waals surface area contributed by atoms with Crippen LogP contribution in [0.2, 0.25) is 0 Å². The Kier molecular flexibility index (Phi) is 7.18. The van der Waals surface area contributed by atoms with Gasteiger partial charge in [-0.25, -0.2) is 0 Å². The van der Waals surface area contributed by atoms with E-state index in [4.69, 9.17) is 0 Å². The fourth-order valence-corrected chi connectivity index (χ4v) is 3.92. The zero-order valence-electron chi connectivity index (χ0n) is 14.4. The number of hydrogen-bond acceptors (Lipinski definition) is 3. The minimum Gasteiger partial charge on any atom is -0.375 e. The summed E-state index contributed by atoms with van der Waals surface area (Å²) >= 11 is 0. The van der Waals surface area contributed by atoms with Crippen LogP contribution < -0.4 is 4.18 Å². The van der Waals surface area contributed by atoms with Crippen molar-refractivity contribution in [1.82, 2.24) is 0 Å². The summed E-state index contributed by atoms with van der Waals surface area (Å²) in [5.74, 6) is 0.000291. The molecule has 1 saturated carbocycles. The minimum atomic E-state index is -5.72. The summed E-state index contributed by atoms with van der Waals surface area (Å²) in [5, 5.41) is 0. The van der Waals surface area contributed by atoms with Crippen LogP contribution in [0.4, 0.5) is 13.2 Å². The summed E-state index contributed by atoms with van der Waals surface area (Å²) in [4.78, 5) is 0. The Bertz CT molecular complexity index is 876. The standard InChI is InChI=1S/C19H19F3O3S.HI/c20-19(21,22)26(23,24)25-18-13-7-6-12-17(18)16-11-5-4-10-15(16)14-8-2-1-3-9-14;/h4-7,10-14H,1-3,8-9H2;1H. The Morgan fingerprint density at radius 3 is 2.04 bits per heavy atom. The average molecular weight is 512 g/mol. The van der Waals surface area contributed by atoms with Crippen molar-refractivity contribution < 1.29 is 25.8 Å². The van der Waals surface area contributed by atoms with Crippen LogP contribution >= 0.6 is 24.0 Å². The van der Waals surface area contributed by atoms with Gasteiger partial charge < -0.3 is 4.18 Å². The second kappa shape index (κ2) is 8.81. The predicted octanol–water partition coefficient (Wildman–Crippen LogP) is 6.25. The first kappa shape index (κ1) is 22.0. The van der Waals surface area contributed by atoms with Gasteiger partial charge in [0.2, 0.25) is 0 Å². The third kappa shape index (κ3) is 4.96. The molecule has 148 valence electrons. The summed E-state index contributed by atoms with van der Waals surface area (Å²) < 4.78 is 65.5. The molecular weight excluding hydrogens is 492 g/mol. The molecule has 0 spiro atoms. The summed E-state index contributed by atoms with van der Waals surface area (Å²) in [6, 6.07) is 13.4. The van der Waals surface area contributed by atoms with Gasteiger partial charge in [0.25, 0.3) is 0 Å². The largest absolute Gasteiger partial charge is 0.534 e. The van der Waals surface area contributed by atoms with Gasteiger partial charge in [0.15, 0.2) is 5.75 Å². The van der Waals surface area contributed by atoms with E-state index in [1.807, 2.05) is 12.1 Å². The molecule has 2 aromatic carbocycles. The van der Waals surface area contributed by atoms with Crippen LogP contribution in [0.25, 0.3) is 11.1 Å². The smallest absolute Gasteiger partial charge is 0.375 e. The predicted molar refractivity (Wildman–Crippen MR) is 109 cm³/mol. The summed E-state index contributed by atoms with van der Waals surface area (Å²) in [6.45, 7) is 0. The van der Waals surface area contributed by atoms with Crippen molar-refractivity contribution in [2.75, 3.05) is 0 Å². The highest BCUT2D eigenvalue weighted by Crippen LogP contribution is 2.41. The Balaban J connectivity index is 0.00000261. The van der Waals surface area contributed by atoms with Gasteiger partial charge in [-0.3, -0.25) is 0 Å². The van der Waals surface area contributed by atoms with Crippen LogP contribution in [0.1, 0.15) is 43.6 Å². The molecule has 0 atom stereocenters. The van der Waals surface area contributed by atoms with Crippen LogP contribution in [-0.2, 0) is 10.1 Å². The molecule has 2 aromatic rings. The number of benzene rings is 2. The minimum absolute atomic E-state index is 0. The van der Waals surface area contributed by atoms with Gasteiger partial charge in [-0.15, -0.1) is 24.0 Å². The van der Waals surface area contributed by atoms with E-state index in [1.165, 1.54) is 18.6 Å². The number of halogens is 4. The molecule has 3 rings (SSSR count). The molecule has 0 bridgehead atoms. The lowest BCUT2D eigenvalue weighted by Gasteiger charge is -2.25. The molecule has 0 amide bonds. The third-order valence-corrected chi connectivity index (χ3v) is 5.63. The molecule has 3 nitrogen and oxygen atoms in total. The fraction of sp³-hybridized carbons (Fsp3) is 0.368. The number of rotatable bonds is 4. The molecule has 8 heteroatoms. The second-order valence-corrected chi connectivity index (χ2v) is 7.94. The maximum atomic E-state index is 12.7. The highest BCUT2D eigenvalue weighted by atomic mass is 127. The van der Waals surface area contributed by atoms with E-state index in [1.54, 1.807) is 24.3 Å². The summed E-state index contributed by atoms with van der Waals surface area (Å²) in [6.07, 6.45) is 5.43. The molecule has 0 unspecified atom stereocenters. The molecule has 0 aliphatic heterocycles. The summed E-state index contributed by atoms with van der Waals surface area (Å²) in [7, 11) is -5.72. The van der Waals surface area contributed by atoms with E-state index in [-0.39, 0.29) is 29.7 Å². The Morgan fingerprint density at radius 1 is 0.852 bits per heavy atom. The first-order chi connectivity index (χ1) is 12.3. The van der Waals surface area contributed by atoms with Gasteiger partial charge in [0, 0.05) is 5.56 Å². The van der Waals surface area contributed by atoms with Gasteiger partial charge in [0.05, 0.1) is 0 Å². The molecule has 0 N–H and O–H groups in total. The number of para-hydroxylation sites is 1. The van der Waals surface area contributed by atoms with Gasteiger partial charge in [0.1, 0.15) is 0 Å². The SMILES string of the molecule is I.O=S(=O)(Oc1ccccc1-c1ccccc1C1CCCCC1)C(F)(F)F. The lowest BCUT2D eigenvalue weighted by Crippen LogP contribution is -2.28. The van der Waals surface area contributed by atoms with Crippen LogP contribution in [0.3, 0.4) is 0 Å². The van der Waals surface area contributed by atoms with Crippen LogP contribution in [-0.4, -0.2) is 13.9 Å². The van der Waals surface area contributed by atoms with E-state index in [0.29, 0.717) is 17.0 Å². The molecule has 0 radical (unpaired) electrons. The molecule has 1 fully saturated rings. The van der Waals surface area contributed by atoms with E-state index in [0.717, 1.165) is 31.2 Å². The second-order valence-electron chi connectivity index (χ2n) is 6.40. The van der Waals surface area contributed by atoms with Gasteiger partial charge >= 0.3 is 15.6 Å². The zero-order valence-corrected chi connectivity index (χ0v) is 17.6. The first-order valence-corrected chi connectivity index (χ1v) is 9.89. The number of alkyl halides is 3. The van der Waals surface area contributed by atoms with E-state index < -0.39 is 15.6 Å². The van der Waals surface area contributed by atoms with Crippen LogP contribution in [0.5, 0.6) is 5.75 Å². The van der Waals surface area contributed by atoms with Crippen molar-refractivity contribution in [3.63, 3.8) is 0 Å². The molecule has 0 aromatic heterocycles. The van der Waals surface area contributed by atoms with Crippen molar-refractivity contribution in [3.8, 4) is 16.9 Å². The molecule has 27 heavy (non-hydrogen) atoms. The molecular formula is C19H20F3IO3S. The fourth-order valence-electron chi connectivity index (χ4n) is 3.44. The average Bonchev–Trinajstić information content (AvgIpc) is 2.62. The monoisotopic (exact) mass is 512 g/mol. The Labute approximate surface area is 174 Å². The highest BCUT2D eigenvalue weighted by molar-refractivity contribution is 14.0. The number of hydrogen-bond donors (Lipinski definition) is 0. The lowest BCUT2D eigenvalue weighted by molar-refractivity contribution is -0.0499. The van der Waals surface area contributed by atoms with Crippen molar-refractivity contribution >= 4 is 34.1 Å². The van der Waals surface area contributed by atoms with Crippen LogP contribution in [0, 0.1) is 0 Å².